The van der Waals surface area contributed by atoms with Crippen LogP contribution in [0.5, 0.6) is 0 Å². The van der Waals surface area contributed by atoms with E-state index in [0.29, 0.717) is 6.42 Å². The fraction of sp³-hybridized carbons (Fsp3) is 0.333. The SMILES string of the molecule is CN(C1CCCc2ccccc21)S(=O)(=O)c1ccc(S(=O)(=O)C(F)F)cc1. The highest BCUT2D eigenvalue weighted by Gasteiger charge is 2.33. The Morgan fingerprint density at radius 2 is 1.56 bits per heavy atom. The van der Waals surface area contributed by atoms with E-state index in [0.717, 1.165) is 48.2 Å². The zero-order chi connectivity index (χ0) is 19.8. The molecule has 0 aliphatic heterocycles. The first-order valence-corrected chi connectivity index (χ1v) is 11.3. The lowest BCUT2D eigenvalue weighted by molar-refractivity contribution is 0.234. The molecule has 3 rings (SSSR count). The van der Waals surface area contributed by atoms with Gasteiger partial charge < -0.3 is 0 Å². The van der Waals surface area contributed by atoms with Gasteiger partial charge in [0.15, 0.2) is 0 Å². The number of halogens is 2. The van der Waals surface area contributed by atoms with Crippen LogP contribution in [-0.4, -0.2) is 33.9 Å². The molecule has 0 saturated heterocycles. The van der Waals surface area contributed by atoms with E-state index in [4.69, 9.17) is 0 Å². The second-order valence-electron chi connectivity index (χ2n) is 6.41. The number of alkyl halides is 2. The highest BCUT2D eigenvalue weighted by molar-refractivity contribution is 7.91. The summed E-state index contributed by atoms with van der Waals surface area (Å²) >= 11 is 0. The van der Waals surface area contributed by atoms with Crippen molar-refractivity contribution in [2.24, 2.45) is 0 Å². The molecule has 0 heterocycles. The van der Waals surface area contributed by atoms with Gasteiger partial charge in [-0.1, -0.05) is 24.3 Å². The Balaban J connectivity index is 1.93. The fourth-order valence-corrected chi connectivity index (χ4v) is 5.43. The van der Waals surface area contributed by atoms with E-state index in [2.05, 4.69) is 0 Å². The molecule has 0 spiro atoms. The lowest BCUT2D eigenvalue weighted by Crippen LogP contribution is -2.33. The van der Waals surface area contributed by atoms with Crippen LogP contribution >= 0.6 is 0 Å². The molecule has 2 aromatic rings. The molecule has 0 aromatic heterocycles. The molecule has 1 unspecified atom stereocenters. The third-order valence-electron chi connectivity index (χ3n) is 4.84. The third-order valence-corrected chi connectivity index (χ3v) is 8.12. The van der Waals surface area contributed by atoms with Crippen LogP contribution in [0.25, 0.3) is 0 Å². The van der Waals surface area contributed by atoms with Crippen LogP contribution in [0.1, 0.15) is 30.0 Å². The molecule has 5 nitrogen and oxygen atoms in total. The van der Waals surface area contributed by atoms with Gasteiger partial charge in [-0.3, -0.25) is 0 Å². The minimum absolute atomic E-state index is 0.138. The lowest BCUT2D eigenvalue weighted by Gasteiger charge is -2.32. The van der Waals surface area contributed by atoms with Gasteiger partial charge in [0.25, 0.3) is 0 Å². The van der Waals surface area contributed by atoms with Gasteiger partial charge >= 0.3 is 5.76 Å². The summed E-state index contributed by atoms with van der Waals surface area (Å²) in [7, 11) is -7.20. The second kappa shape index (κ2) is 7.29. The number of benzene rings is 2. The Kier molecular flexibility index (Phi) is 5.38. The first-order valence-electron chi connectivity index (χ1n) is 8.33. The molecule has 0 N–H and O–H groups in total. The summed E-state index contributed by atoms with van der Waals surface area (Å²) in [4.78, 5) is -0.747. The van der Waals surface area contributed by atoms with Crippen LogP contribution in [0.4, 0.5) is 8.78 Å². The molecule has 0 saturated carbocycles. The fourth-order valence-electron chi connectivity index (χ4n) is 3.34. The first-order chi connectivity index (χ1) is 12.7. The number of aryl methyl sites for hydroxylation is 1. The van der Waals surface area contributed by atoms with Gasteiger partial charge in [-0.25, -0.2) is 16.8 Å². The van der Waals surface area contributed by atoms with E-state index in [-0.39, 0.29) is 10.9 Å². The van der Waals surface area contributed by atoms with Crippen molar-refractivity contribution in [2.75, 3.05) is 7.05 Å². The molecule has 27 heavy (non-hydrogen) atoms. The van der Waals surface area contributed by atoms with Crippen molar-refractivity contribution in [1.29, 1.82) is 0 Å². The van der Waals surface area contributed by atoms with Crippen molar-refractivity contribution in [3.8, 4) is 0 Å². The molecule has 9 heteroatoms. The van der Waals surface area contributed by atoms with E-state index in [9.17, 15) is 25.6 Å². The highest BCUT2D eigenvalue weighted by atomic mass is 32.2. The zero-order valence-corrected chi connectivity index (χ0v) is 16.2. The van der Waals surface area contributed by atoms with E-state index in [1.165, 1.54) is 11.4 Å². The predicted molar refractivity (Wildman–Crippen MR) is 96.7 cm³/mol. The molecule has 1 aliphatic rings. The molecule has 0 radical (unpaired) electrons. The van der Waals surface area contributed by atoms with E-state index in [1.807, 2.05) is 24.3 Å². The molecule has 0 bridgehead atoms. The van der Waals surface area contributed by atoms with Crippen molar-refractivity contribution in [3.05, 3.63) is 59.7 Å². The smallest absolute Gasteiger partial charge is 0.218 e. The summed E-state index contributed by atoms with van der Waals surface area (Å²) in [5, 5.41) is 0. The van der Waals surface area contributed by atoms with Crippen LogP contribution in [0.2, 0.25) is 0 Å². The zero-order valence-electron chi connectivity index (χ0n) is 14.5. The first kappa shape index (κ1) is 19.9. The maximum atomic E-state index is 13.0. The van der Waals surface area contributed by atoms with Crippen molar-refractivity contribution >= 4 is 19.9 Å². The standard InChI is InChI=1S/C18H19F2NO4S2/c1-21(17-8-4-6-13-5-2-3-7-16(13)17)27(24,25)15-11-9-14(10-12-15)26(22,23)18(19)20/h2-3,5,7,9-12,17-18H,4,6,8H2,1H3. The van der Waals surface area contributed by atoms with Gasteiger partial charge in [-0.2, -0.15) is 13.1 Å². The summed E-state index contributed by atoms with van der Waals surface area (Å²) in [5.74, 6) is -3.55. The topological polar surface area (TPSA) is 71.5 Å². The van der Waals surface area contributed by atoms with Crippen molar-refractivity contribution in [3.63, 3.8) is 0 Å². The monoisotopic (exact) mass is 415 g/mol. The molecule has 146 valence electrons. The third kappa shape index (κ3) is 3.63. The normalized spacial score (nSPS) is 17.9. The molecule has 1 atom stereocenters. The van der Waals surface area contributed by atoms with Crippen molar-refractivity contribution in [2.45, 2.75) is 40.9 Å². The summed E-state index contributed by atoms with van der Waals surface area (Å²) in [6.45, 7) is 0. The Bertz CT molecular complexity index is 1040. The number of hydrogen-bond donors (Lipinski definition) is 0. The maximum absolute atomic E-state index is 13.0. The van der Waals surface area contributed by atoms with E-state index in [1.54, 1.807) is 0 Å². The maximum Gasteiger partial charge on any atom is 0.341 e. The summed E-state index contributed by atoms with van der Waals surface area (Å²) in [5.41, 5.74) is 2.06. The quantitative estimate of drug-likeness (QED) is 0.751. The average molecular weight is 415 g/mol. The Morgan fingerprint density at radius 1 is 0.963 bits per heavy atom. The number of nitrogens with zero attached hydrogens (tertiary/aromatic N) is 1. The number of sulfone groups is 1. The van der Waals surface area contributed by atoms with Crippen LogP contribution in [0.15, 0.2) is 58.3 Å². The Labute approximate surface area is 157 Å². The summed E-state index contributed by atoms with van der Waals surface area (Å²) in [6.07, 6.45) is 2.42. The molecule has 0 fully saturated rings. The van der Waals surface area contributed by atoms with Gasteiger partial charge in [0.2, 0.25) is 19.9 Å². The molecule has 0 amide bonds. The number of rotatable bonds is 5. The molecular formula is C18H19F2NO4S2. The van der Waals surface area contributed by atoms with Crippen molar-refractivity contribution in [1.82, 2.24) is 4.31 Å². The van der Waals surface area contributed by atoms with Crippen molar-refractivity contribution < 1.29 is 25.6 Å². The highest BCUT2D eigenvalue weighted by Crippen LogP contribution is 2.36. The van der Waals surface area contributed by atoms with Gasteiger partial charge in [-0.05, 0) is 54.7 Å². The average Bonchev–Trinajstić information content (AvgIpc) is 2.67. The van der Waals surface area contributed by atoms with Gasteiger partial charge in [0, 0.05) is 13.1 Å². The minimum Gasteiger partial charge on any atom is -0.218 e. The van der Waals surface area contributed by atoms with E-state index >= 15 is 0 Å². The van der Waals surface area contributed by atoms with E-state index < -0.39 is 30.5 Å². The van der Waals surface area contributed by atoms with Gasteiger partial charge in [0.05, 0.1) is 9.79 Å². The van der Waals surface area contributed by atoms with Crippen LogP contribution in [0.3, 0.4) is 0 Å². The molecule has 2 aromatic carbocycles. The second-order valence-corrected chi connectivity index (χ2v) is 10.3. The Hall–Kier alpha value is -1.84. The summed E-state index contributed by atoms with van der Waals surface area (Å²) < 4.78 is 75.5. The van der Waals surface area contributed by atoms with Crippen LogP contribution in [0, 0.1) is 0 Å². The minimum atomic E-state index is -4.76. The van der Waals surface area contributed by atoms with Crippen LogP contribution < -0.4 is 0 Å². The molecule has 1 aliphatic carbocycles. The number of hydrogen-bond acceptors (Lipinski definition) is 4. The van der Waals surface area contributed by atoms with Gasteiger partial charge in [-0.15, -0.1) is 0 Å². The molecular weight excluding hydrogens is 396 g/mol. The number of sulfonamides is 1. The summed E-state index contributed by atoms with van der Waals surface area (Å²) in [6, 6.07) is 11.2. The Morgan fingerprint density at radius 3 is 2.19 bits per heavy atom. The number of fused-ring (bicyclic) bond motifs is 1. The van der Waals surface area contributed by atoms with Crippen LogP contribution in [-0.2, 0) is 26.3 Å². The van der Waals surface area contributed by atoms with Gasteiger partial charge in [0.1, 0.15) is 0 Å². The largest absolute Gasteiger partial charge is 0.341 e. The predicted octanol–water partition coefficient (Wildman–Crippen LogP) is 3.38. The lowest BCUT2D eigenvalue weighted by atomic mass is 9.88.